The maximum atomic E-state index is 13.7. The van der Waals surface area contributed by atoms with Crippen LogP contribution >= 0.6 is 0 Å². The van der Waals surface area contributed by atoms with Crippen LogP contribution in [0.4, 0.5) is 0 Å². The molecular weight excluding hydrogens is 364 g/mol. The van der Waals surface area contributed by atoms with Crippen molar-refractivity contribution in [2.45, 2.75) is 59.3 Å². The van der Waals surface area contributed by atoms with Crippen molar-refractivity contribution < 1.29 is 19.1 Å². The highest BCUT2D eigenvalue weighted by Crippen LogP contribution is 2.44. The summed E-state index contributed by atoms with van der Waals surface area (Å²) in [6, 6.07) is 9.60. The van der Waals surface area contributed by atoms with Crippen LogP contribution in [0.15, 0.2) is 30.3 Å². The minimum Gasteiger partial charge on any atom is -0.454 e. The standard InChI is InChI=1S/C25H28O4/c1-16-11-17(2)13-19(12-16)24(27)25(9-5-4-6-10-25)14-21(26)20-7-8-22-23(18(20)3)29-15-28-22/h7-8,11-13H,4-6,9-10,14-15H2,1-3H3. The van der Waals surface area contributed by atoms with Gasteiger partial charge in [0.2, 0.25) is 6.79 Å². The predicted octanol–water partition coefficient (Wildman–Crippen LogP) is 5.75. The van der Waals surface area contributed by atoms with Gasteiger partial charge in [-0.25, -0.2) is 0 Å². The molecule has 29 heavy (non-hydrogen) atoms. The fraction of sp³-hybridized carbons (Fsp3) is 0.440. The van der Waals surface area contributed by atoms with Crippen LogP contribution < -0.4 is 9.47 Å². The highest BCUT2D eigenvalue weighted by atomic mass is 16.7. The molecule has 0 radical (unpaired) electrons. The van der Waals surface area contributed by atoms with E-state index in [4.69, 9.17) is 9.47 Å². The van der Waals surface area contributed by atoms with Crippen molar-refractivity contribution in [3.8, 4) is 11.5 Å². The van der Waals surface area contributed by atoms with Gasteiger partial charge >= 0.3 is 0 Å². The lowest BCUT2D eigenvalue weighted by Gasteiger charge is -2.36. The molecule has 0 saturated heterocycles. The second-order valence-electron chi connectivity index (χ2n) is 8.62. The normalized spacial score (nSPS) is 17.2. The molecule has 2 aromatic rings. The average Bonchev–Trinajstić information content (AvgIpc) is 3.17. The monoisotopic (exact) mass is 392 g/mol. The fourth-order valence-electron chi connectivity index (χ4n) is 4.94. The molecule has 152 valence electrons. The molecule has 1 aliphatic heterocycles. The van der Waals surface area contributed by atoms with Crippen molar-refractivity contribution in [2.24, 2.45) is 5.41 Å². The van der Waals surface area contributed by atoms with Gasteiger partial charge in [0, 0.05) is 28.5 Å². The van der Waals surface area contributed by atoms with E-state index in [1.807, 2.05) is 39.0 Å². The molecule has 4 nitrogen and oxygen atoms in total. The van der Waals surface area contributed by atoms with Gasteiger partial charge in [-0.1, -0.05) is 36.5 Å². The predicted molar refractivity (Wildman–Crippen MR) is 112 cm³/mol. The van der Waals surface area contributed by atoms with Crippen molar-refractivity contribution in [3.05, 3.63) is 58.1 Å². The average molecular weight is 392 g/mol. The number of rotatable bonds is 5. The van der Waals surface area contributed by atoms with E-state index < -0.39 is 5.41 Å². The second kappa shape index (κ2) is 7.66. The van der Waals surface area contributed by atoms with Gasteiger partial charge in [0.15, 0.2) is 23.1 Å². The third kappa shape index (κ3) is 3.68. The zero-order chi connectivity index (χ0) is 20.6. The largest absolute Gasteiger partial charge is 0.454 e. The van der Waals surface area contributed by atoms with Crippen LogP contribution in [-0.4, -0.2) is 18.4 Å². The van der Waals surface area contributed by atoms with Gasteiger partial charge in [-0.3, -0.25) is 9.59 Å². The Hall–Kier alpha value is -2.62. The third-order valence-corrected chi connectivity index (χ3v) is 6.36. The van der Waals surface area contributed by atoms with Crippen LogP contribution in [0.25, 0.3) is 0 Å². The molecule has 4 rings (SSSR count). The lowest BCUT2D eigenvalue weighted by molar-refractivity contribution is 0.0638. The molecule has 1 heterocycles. The Balaban J connectivity index is 1.67. The van der Waals surface area contributed by atoms with E-state index in [0.717, 1.165) is 54.4 Å². The summed E-state index contributed by atoms with van der Waals surface area (Å²) in [7, 11) is 0. The molecule has 4 heteroatoms. The summed E-state index contributed by atoms with van der Waals surface area (Å²) in [4.78, 5) is 27.0. The molecule has 0 unspecified atom stereocenters. The van der Waals surface area contributed by atoms with E-state index in [-0.39, 0.29) is 24.8 Å². The van der Waals surface area contributed by atoms with Crippen LogP contribution in [0.2, 0.25) is 0 Å². The number of carbonyl (C=O) groups excluding carboxylic acids is 2. The molecule has 0 bridgehead atoms. The summed E-state index contributed by atoms with van der Waals surface area (Å²) in [5.41, 5.74) is 3.72. The minimum absolute atomic E-state index is 0.0143. The molecule has 1 aliphatic carbocycles. The Labute approximate surface area is 172 Å². The third-order valence-electron chi connectivity index (χ3n) is 6.36. The van der Waals surface area contributed by atoms with Gasteiger partial charge in [-0.2, -0.15) is 0 Å². The van der Waals surface area contributed by atoms with Crippen LogP contribution in [0.3, 0.4) is 0 Å². The number of benzene rings is 2. The van der Waals surface area contributed by atoms with Crippen molar-refractivity contribution >= 4 is 11.6 Å². The second-order valence-corrected chi connectivity index (χ2v) is 8.62. The van der Waals surface area contributed by atoms with Crippen LogP contribution in [0, 0.1) is 26.2 Å². The maximum Gasteiger partial charge on any atom is 0.231 e. The first-order valence-electron chi connectivity index (χ1n) is 10.5. The lowest BCUT2D eigenvalue weighted by atomic mass is 9.66. The summed E-state index contributed by atoms with van der Waals surface area (Å²) in [6.45, 7) is 6.10. The number of Topliss-reactive ketones (excluding diaryl/α,β-unsaturated/α-hetero) is 2. The van der Waals surface area contributed by atoms with Crippen LogP contribution in [-0.2, 0) is 0 Å². The Morgan fingerprint density at radius 2 is 1.62 bits per heavy atom. The molecule has 0 amide bonds. The highest BCUT2D eigenvalue weighted by Gasteiger charge is 2.42. The Morgan fingerprint density at radius 1 is 0.931 bits per heavy atom. The van der Waals surface area contributed by atoms with E-state index in [9.17, 15) is 9.59 Å². The first-order valence-corrected chi connectivity index (χ1v) is 10.5. The Bertz CT molecular complexity index is 947. The van der Waals surface area contributed by atoms with Crippen LogP contribution in [0.1, 0.15) is 75.9 Å². The highest BCUT2D eigenvalue weighted by molar-refractivity contribution is 6.06. The molecule has 1 fully saturated rings. The number of aryl methyl sites for hydroxylation is 2. The topological polar surface area (TPSA) is 52.6 Å². The van der Waals surface area contributed by atoms with E-state index in [1.165, 1.54) is 0 Å². The summed E-state index contributed by atoms with van der Waals surface area (Å²) in [6.07, 6.45) is 4.90. The van der Waals surface area contributed by atoms with Gasteiger partial charge in [0.05, 0.1) is 0 Å². The molecule has 0 spiro atoms. The zero-order valence-corrected chi connectivity index (χ0v) is 17.5. The molecule has 0 atom stereocenters. The molecular formula is C25H28O4. The van der Waals surface area contributed by atoms with Crippen molar-refractivity contribution in [1.29, 1.82) is 0 Å². The quantitative estimate of drug-likeness (QED) is 0.608. The fourth-order valence-corrected chi connectivity index (χ4v) is 4.94. The first kappa shape index (κ1) is 19.7. The van der Waals surface area contributed by atoms with Gasteiger partial charge in [0.1, 0.15) is 0 Å². The maximum absolute atomic E-state index is 13.7. The molecule has 0 N–H and O–H groups in total. The van der Waals surface area contributed by atoms with Gasteiger partial charge in [0.25, 0.3) is 0 Å². The van der Waals surface area contributed by atoms with E-state index in [1.54, 1.807) is 6.07 Å². The van der Waals surface area contributed by atoms with Gasteiger partial charge in [-0.05, 0) is 57.9 Å². The number of hydrogen-bond donors (Lipinski definition) is 0. The lowest BCUT2D eigenvalue weighted by Crippen LogP contribution is -2.36. The van der Waals surface area contributed by atoms with E-state index >= 15 is 0 Å². The minimum atomic E-state index is -0.613. The SMILES string of the molecule is Cc1cc(C)cc(C(=O)C2(CC(=O)c3ccc4c(c3C)OCO4)CCCCC2)c1. The number of fused-ring (bicyclic) bond motifs is 1. The first-order chi connectivity index (χ1) is 13.9. The van der Waals surface area contributed by atoms with Crippen molar-refractivity contribution in [1.82, 2.24) is 0 Å². The number of ketones is 2. The van der Waals surface area contributed by atoms with Crippen molar-refractivity contribution in [2.75, 3.05) is 6.79 Å². The van der Waals surface area contributed by atoms with Gasteiger partial charge in [-0.15, -0.1) is 0 Å². The Kier molecular flexibility index (Phi) is 5.20. The van der Waals surface area contributed by atoms with Crippen molar-refractivity contribution in [3.63, 3.8) is 0 Å². The molecule has 2 aromatic carbocycles. The number of hydrogen-bond acceptors (Lipinski definition) is 4. The Morgan fingerprint density at radius 3 is 2.31 bits per heavy atom. The zero-order valence-electron chi connectivity index (χ0n) is 17.5. The van der Waals surface area contributed by atoms with Crippen LogP contribution in [0.5, 0.6) is 11.5 Å². The number of ether oxygens (including phenoxy) is 2. The summed E-state index contributed by atoms with van der Waals surface area (Å²) in [5.74, 6) is 1.46. The number of carbonyl (C=O) groups is 2. The van der Waals surface area contributed by atoms with E-state index in [0.29, 0.717) is 17.1 Å². The molecule has 1 saturated carbocycles. The summed E-state index contributed by atoms with van der Waals surface area (Å²) in [5, 5.41) is 0. The van der Waals surface area contributed by atoms with E-state index in [2.05, 4.69) is 6.07 Å². The molecule has 2 aliphatic rings. The van der Waals surface area contributed by atoms with Gasteiger partial charge < -0.3 is 9.47 Å². The summed E-state index contributed by atoms with van der Waals surface area (Å²) < 4.78 is 11.0. The summed E-state index contributed by atoms with van der Waals surface area (Å²) >= 11 is 0. The smallest absolute Gasteiger partial charge is 0.231 e. The molecule has 0 aromatic heterocycles.